The monoisotopic (exact) mass is 285 g/mol. The van der Waals surface area contributed by atoms with Gasteiger partial charge in [-0.15, -0.1) is 0 Å². The molecule has 0 heterocycles. The van der Waals surface area contributed by atoms with E-state index in [1.807, 2.05) is 13.1 Å². The molecule has 0 radical (unpaired) electrons. The Hall–Kier alpha value is -1.87. The van der Waals surface area contributed by atoms with Gasteiger partial charge in [-0.2, -0.15) is 0 Å². The van der Waals surface area contributed by atoms with Crippen LogP contribution in [0, 0.1) is 5.82 Å². The van der Waals surface area contributed by atoms with Crippen LogP contribution in [0.15, 0.2) is 42.5 Å². The van der Waals surface area contributed by atoms with Gasteiger partial charge in [0.05, 0.1) is 7.11 Å². The van der Waals surface area contributed by atoms with Gasteiger partial charge in [0.15, 0.2) is 11.6 Å². The summed E-state index contributed by atoms with van der Waals surface area (Å²) in [5.41, 5.74) is 3.65. The van der Waals surface area contributed by atoms with Crippen LogP contribution in [-0.4, -0.2) is 14.2 Å². The Morgan fingerprint density at radius 2 is 1.86 bits per heavy atom. The van der Waals surface area contributed by atoms with E-state index in [0.29, 0.717) is 11.8 Å². The van der Waals surface area contributed by atoms with Crippen LogP contribution in [0.5, 0.6) is 5.75 Å². The fourth-order valence-electron chi connectivity index (χ4n) is 3.34. The Labute approximate surface area is 125 Å². The number of hydrogen-bond donors (Lipinski definition) is 1. The van der Waals surface area contributed by atoms with Gasteiger partial charge in [0.1, 0.15) is 0 Å². The number of halogens is 1. The first-order valence-corrected chi connectivity index (χ1v) is 7.34. The molecule has 2 aromatic carbocycles. The van der Waals surface area contributed by atoms with Crippen LogP contribution in [0.2, 0.25) is 0 Å². The van der Waals surface area contributed by atoms with Crippen LogP contribution in [0.3, 0.4) is 0 Å². The van der Waals surface area contributed by atoms with E-state index >= 15 is 0 Å². The van der Waals surface area contributed by atoms with E-state index in [4.69, 9.17) is 4.74 Å². The molecule has 0 saturated heterocycles. The first-order valence-electron chi connectivity index (χ1n) is 7.34. The first-order chi connectivity index (χ1) is 10.2. The highest BCUT2D eigenvalue weighted by Crippen LogP contribution is 2.41. The third-order valence-electron chi connectivity index (χ3n) is 4.42. The molecule has 0 amide bonds. The van der Waals surface area contributed by atoms with Gasteiger partial charge in [-0.3, -0.25) is 0 Å². The summed E-state index contributed by atoms with van der Waals surface area (Å²) in [5.74, 6) is 0.269. The molecule has 1 aliphatic carbocycles. The van der Waals surface area contributed by atoms with Crippen LogP contribution >= 0.6 is 0 Å². The largest absolute Gasteiger partial charge is 0.494 e. The Morgan fingerprint density at radius 3 is 2.52 bits per heavy atom. The summed E-state index contributed by atoms with van der Waals surface area (Å²) in [6.07, 6.45) is 2.08. The third kappa shape index (κ3) is 2.54. The van der Waals surface area contributed by atoms with Crippen LogP contribution < -0.4 is 10.1 Å². The molecule has 110 valence electrons. The lowest BCUT2D eigenvalue weighted by molar-refractivity contribution is 0.385. The zero-order valence-corrected chi connectivity index (χ0v) is 12.4. The minimum Gasteiger partial charge on any atom is -0.494 e. The predicted octanol–water partition coefficient (Wildman–Crippen LogP) is 4.02. The highest BCUT2D eigenvalue weighted by molar-refractivity contribution is 5.43. The number of hydrogen-bond acceptors (Lipinski definition) is 2. The molecule has 1 aliphatic rings. The van der Waals surface area contributed by atoms with Gasteiger partial charge in [0.2, 0.25) is 0 Å². The van der Waals surface area contributed by atoms with Gasteiger partial charge >= 0.3 is 0 Å². The smallest absolute Gasteiger partial charge is 0.165 e. The van der Waals surface area contributed by atoms with Gasteiger partial charge in [0, 0.05) is 12.0 Å². The van der Waals surface area contributed by atoms with Gasteiger partial charge < -0.3 is 10.1 Å². The average molecular weight is 285 g/mol. The van der Waals surface area contributed by atoms with Crippen LogP contribution in [0.4, 0.5) is 4.39 Å². The molecule has 0 spiro atoms. The summed E-state index contributed by atoms with van der Waals surface area (Å²) in [4.78, 5) is 0. The summed E-state index contributed by atoms with van der Waals surface area (Å²) in [6, 6.07) is 14.2. The second kappa shape index (κ2) is 5.86. The Kier molecular flexibility index (Phi) is 3.93. The van der Waals surface area contributed by atoms with Crippen molar-refractivity contribution in [3.8, 4) is 5.75 Å². The summed E-state index contributed by atoms with van der Waals surface area (Å²) in [5, 5.41) is 3.37. The predicted molar refractivity (Wildman–Crippen MR) is 82.3 cm³/mol. The molecule has 3 heteroatoms. The van der Waals surface area contributed by atoms with E-state index in [-0.39, 0.29) is 11.7 Å². The van der Waals surface area contributed by atoms with E-state index in [0.717, 1.165) is 18.4 Å². The van der Waals surface area contributed by atoms with Crippen LogP contribution in [-0.2, 0) is 0 Å². The molecular weight excluding hydrogens is 265 g/mol. The summed E-state index contributed by atoms with van der Waals surface area (Å²) >= 11 is 0. The van der Waals surface area contributed by atoms with Crippen molar-refractivity contribution in [3.63, 3.8) is 0 Å². The van der Waals surface area contributed by atoms with Crippen LogP contribution in [0.1, 0.15) is 41.5 Å². The van der Waals surface area contributed by atoms with Crippen molar-refractivity contribution in [2.45, 2.75) is 24.8 Å². The molecule has 2 atom stereocenters. The molecule has 0 aliphatic heterocycles. The molecule has 0 saturated carbocycles. The van der Waals surface area contributed by atoms with Crippen molar-refractivity contribution in [2.24, 2.45) is 0 Å². The Balaban J connectivity index is 2.02. The number of nitrogens with one attached hydrogen (secondary N) is 1. The van der Waals surface area contributed by atoms with E-state index in [1.165, 1.54) is 18.2 Å². The molecule has 1 N–H and O–H groups in total. The lowest BCUT2D eigenvalue weighted by atomic mass is 9.77. The van der Waals surface area contributed by atoms with Gasteiger partial charge in [-0.25, -0.2) is 4.39 Å². The van der Waals surface area contributed by atoms with E-state index in [1.54, 1.807) is 12.1 Å². The highest BCUT2D eigenvalue weighted by Gasteiger charge is 2.27. The minimum atomic E-state index is -0.289. The maximum Gasteiger partial charge on any atom is 0.165 e. The maximum absolute atomic E-state index is 14.0. The molecule has 3 rings (SSSR count). The molecule has 2 nitrogen and oxygen atoms in total. The summed E-state index contributed by atoms with van der Waals surface area (Å²) in [6.45, 7) is 0. The topological polar surface area (TPSA) is 21.3 Å². The van der Waals surface area contributed by atoms with Crippen molar-refractivity contribution in [1.82, 2.24) is 5.32 Å². The molecule has 0 aromatic heterocycles. The molecule has 0 fully saturated rings. The summed E-state index contributed by atoms with van der Waals surface area (Å²) < 4.78 is 19.0. The lowest BCUT2D eigenvalue weighted by Crippen LogP contribution is -2.24. The van der Waals surface area contributed by atoms with Gasteiger partial charge in [0.25, 0.3) is 0 Å². The number of fused-ring (bicyclic) bond motifs is 1. The fourth-order valence-corrected chi connectivity index (χ4v) is 3.34. The minimum absolute atomic E-state index is 0.256. The highest BCUT2D eigenvalue weighted by atomic mass is 19.1. The molecular formula is C18H20FNO. The first kappa shape index (κ1) is 14.1. The number of methoxy groups -OCH3 is 1. The van der Waals surface area contributed by atoms with Crippen LogP contribution in [0.25, 0.3) is 0 Å². The SMILES string of the molecule is CN[C@@H]1CCC(c2ccc(OC)c(F)c2)c2ccccc21. The lowest BCUT2D eigenvalue weighted by Gasteiger charge is -2.31. The number of benzene rings is 2. The number of ether oxygens (including phenoxy) is 1. The number of rotatable bonds is 3. The quantitative estimate of drug-likeness (QED) is 0.919. The Bertz CT molecular complexity index is 641. The zero-order valence-electron chi connectivity index (χ0n) is 12.4. The third-order valence-corrected chi connectivity index (χ3v) is 4.42. The normalized spacial score (nSPS) is 20.9. The van der Waals surface area contributed by atoms with Gasteiger partial charge in [-0.1, -0.05) is 30.3 Å². The fraction of sp³-hybridized carbons (Fsp3) is 0.333. The van der Waals surface area contributed by atoms with Crippen molar-refractivity contribution < 1.29 is 9.13 Å². The second-order valence-corrected chi connectivity index (χ2v) is 5.49. The Morgan fingerprint density at radius 1 is 1.10 bits per heavy atom. The van der Waals surface area contributed by atoms with Crippen molar-refractivity contribution in [3.05, 3.63) is 65.0 Å². The molecule has 1 unspecified atom stereocenters. The van der Waals surface area contributed by atoms with E-state index < -0.39 is 0 Å². The average Bonchev–Trinajstić information content (AvgIpc) is 2.53. The molecule has 21 heavy (non-hydrogen) atoms. The van der Waals surface area contributed by atoms with E-state index in [9.17, 15) is 4.39 Å². The zero-order chi connectivity index (χ0) is 14.8. The van der Waals surface area contributed by atoms with Crippen molar-refractivity contribution in [2.75, 3.05) is 14.2 Å². The standard InChI is InChI=1S/C18H20FNO/c1-20-17-9-8-13(14-5-3-4-6-15(14)17)12-7-10-18(21-2)16(19)11-12/h3-7,10-11,13,17,20H,8-9H2,1-2H3/t13?,17-/m1/s1. The van der Waals surface area contributed by atoms with E-state index in [2.05, 4.69) is 29.6 Å². The molecule has 0 bridgehead atoms. The van der Waals surface area contributed by atoms with Gasteiger partial charge in [-0.05, 0) is 48.7 Å². The van der Waals surface area contributed by atoms with Crippen molar-refractivity contribution in [1.29, 1.82) is 0 Å². The van der Waals surface area contributed by atoms with Crippen molar-refractivity contribution >= 4 is 0 Å². The summed E-state index contributed by atoms with van der Waals surface area (Å²) in [7, 11) is 3.49. The second-order valence-electron chi connectivity index (χ2n) is 5.49. The molecule has 2 aromatic rings. The maximum atomic E-state index is 14.0.